The molecule has 0 bridgehead atoms. The minimum Gasteiger partial charge on any atom is -0.323 e. The van der Waals surface area contributed by atoms with Gasteiger partial charge < -0.3 is 5.84 Å². The summed E-state index contributed by atoms with van der Waals surface area (Å²) in [5, 5.41) is 5.56. The van der Waals surface area contributed by atoms with Crippen LogP contribution < -0.4 is 5.84 Å². The van der Waals surface area contributed by atoms with Gasteiger partial charge in [0.25, 0.3) is 0 Å². The van der Waals surface area contributed by atoms with Crippen molar-refractivity contribution < 1.29 is 0 Å². The van der Waals surface area contributed by atoms with Crippen LogP contribution in [0.15, 0.2) is 22.6 Å². The Morgan fingerprint density at radius 3 is 3.00 bits per heavy atom. The SMILES string of the molecule is C/C(=N\N)c1cccs1. The minimum absolute atomic E-state index is 0.894. The van der Waals surface area contributed by atoms with Crippen molar-refractivity contribution in [2.24, 2.45) is 10.9 Å². The van der Waals surface area contributed by atoms with Crippen molar-refractivity contribution in [3.05, 3.63) is 22.4 Å². The second-order valence-electron chi connectivity index (χ2n) is 1.69. The number of rotatable bonds is 1. The molecular formula is C6H8N2S. The molecule has 9 heavy (non-hydrogen) atoms. The molecule has 0 aromatic carbocycles. The van der Waals surface area contributed by atoms with E-state index in [0.29, 0.717) is 0 Å². The molecule has 2 nitrogen and oxygen atoms in total. The number of hydrogen-bond acceptors (Lipinski definition) is 3. The van der Waals surface area contributed by atoms with Gasteiger partial charge in [-0.1, -0.05) is 6.07 Å². The summed E-state index contributed by atoms with van der Waals surface area (Å²) in [6.07, 6.45) is 0. The first-order valence-electron chi connectivity index (χ1n) is 2.63. The van der Waals surface area contributed by atoms with Crippen LogP contribution in [0.1, 0.15) is 11.8 Å². The van der Waals surface area contributed by atoms with Crippen molar-refractivity contribution in [2.75, 3.05) is 0 Å². The first-order valence-corrected chi connectivity index (χ1v) is 3.51. The lowest BCUT2D eigenvalue weighted by Crippen LogP contribution is -1.94. The lowest BCUT2D eigenvalue weighted by molar-refractivity contribution is 1.24. The molecule has 0 aliphatic heterocycles. The molecule has 48 valence electrons. The molecule has 0 amide bonds. The van der Waals surface area contributed by atoms with Gasteiger partial charge in [-0.05, 0) is 18.4 Å². The molecule has 0 aliphatic rings. The van der Waals surface area contributed by atoms with E-state index in [0.717, 1.165) is 10.6 Å². The zero-order valence-corrected chi connectivity index (χ0v) is 5.98. The van der Waals surface area contributed by atoms with Crippen LogP contribution in [0.3, 0.4) is 0 Å². The maximum absolute atomic E-state index is 5.06. The van der Waals surface area contributed by atoms with Crippen molar-refractivity contribution in [1.82, 2.24) is 0 Å². The third-order valence-electron chi connectivity index (χ3n) is 1.07. The fraction of sp³-hybridized carbons (Fsp3) is 0.167. The van der Waals surface area contributed by atoms with Gasteiger partial charge in [0.2, 0.25) is 0 Å². The van der Waals surface area contributed by atoms with Gasteiger partial charge in [0.1, 0.15) is 0 Å². The van der Waals surface area contributed by atoms with E-state index >= 15 is 0 Å². The highest BCUT2D eigenvalue weighted by molar-refractivity contribution is 7.12. The van der Waals surface area contributed by atoms with E-state index in [1.54, 1.807) is 11.3 Å². The van der Waals surface area contributed by atoms with Gasteiger partial charge in [-0.2, -0.15) is 5.10 Å². The van der Waals surface area contributed by atoms with Crippen LogP contribution in [0.4, 0.5) is 0 Å². The van der Waals surface area contributed by atoms with Crippen molar-refractivity contribution in [1.29, 1.82) is 0 Å². The molecule has 1 aromatic heterocycles. The number of hydrogen-bond donors (Lipinski definition) is 1. The summed E-state index contributed by atoms with van der Waals surface area (Å²) in [4.78, 5) is 1.14. The lowest BCUT2D eigenvalue weighted by atomic mass is 10.3. The number of nitrogens with zero attached hydrogens (tertiary/aromatic N) is 1. The number of nitrogens with two attached hydrogens (primary N) is 1. The van der Waals surface area contributed by atoms with Crippen molar-refractivity contribution >= 4 is 17.0 Å². The second-order valence-corrected chi connectivity index (χ2v) is 2.64. The Bertz CT molecular complexity index is 201. The topological polar surface area (TPSA) is 38.4 Å². The molecule has 0 radical (unpaired) electrons. The molecule has 1 heterocycles. The van der Waals surface area contributed by atoms with E-state index in [4.69, 9.17) is 5.84 Å². The molecule has 0 aliphatic carbocycles. The van der Waals surface area contributed by atoms with Crippen LogP contribution in [0.5, 0.6) is 0 Å². The molecule has 2 N–H and O–H groups in total. The molecular weight excluding hydrogens is 132 g/mol. The molecule has 3 heteroatoms. The highest BCUT2D eigenvalue weighted by atomic mass is 32.1. The molecule has 0 atom stereocenters. The fourth-order valence-electron chi connectivity index (χ4n) is 0.548. The zero-order chi connectivity index (χ0) is 6.69. The van der Waals surface area contributed by atoms with Crippen LogP contribution in [-0.2, 0) is 0 Å². The highest BCUT2D eigenvalue weighted by Gasteiger charge is 1.94. The van der Waals surface area contributed by atoms with E-state index in [2.05, 4.69) is 5.10 Å². The first kappa shape index (κ1) is 6.29. The number of hydrazone groups is 1. The van der Waals surface area contributed by atoms with E-state index in [1.807, 2.05) is 24.4 Å². The highest BCUT2D eigenvalue weighted by Crippen LogP contribution is 2.08. The monoisotopic (exact) mass is 140 g/mol. The Labute approximate surface area is 58.0 Å². The van der Waals surface area contributed by atoms with Gasteiger partial charge in [0.05, 0.1) is 5.71 Å². The number of thiophene rings is 1. The summed E-state index contributed by atoms with van der Waals surface area (Å²) in [5.41, 5.74) is 0.894. The first-order chi connectivity index (χ1) is 4.34. The normalized spacial score (nSPS) is 11.9. The summed E-state index contributed by atoms with van der Waals surface area (Å²) in [6, 6.07) is 3.98. The third kappa shape index (κ3) is 1.29. The molecule has 1 aromatic rings. The van der Waals surface area contributed by atoms with E-state index in [9.17, 15) is 0 Å². The van der Waals surface area contributed by atoms with E-state index < -0.39 is 0 Å². The molecule has 0 fully saturated rings. The Hall–Kier alpha value is -0.830. The largest absolute Gasteiger partial charge is 0.323 e. The zero-order valence-electron chi connectivity index (χ0n) is 5.16. The van der Waals surface area contributed by atoms with Gasteiger partial charge >= 0.3 is 0 Å². The quantitative estimate of drug-likeness (QED) is 0.357. The summed E-state index contributed by atoms with van der Waals surface area (Å²) >= 11 is 1.64. The molecule has 0 saturated carbocycles. The van der Waals surface area contributed by atoms with Crippen LogP contribution in [0.2, 0.25) is 0 Å². The summed E-state index contributed by atoms with van der Waals surface area (Å²) in [5.74, 6) is 5.06. The van der Waals surface area contributed by atoms with Gasteiger partial charge in [-0.15, -0.1) is 11.3 Å². The summed E-state index contributed by atoms with van der Waals surface area (Å²) < 4.78 is 0. The third-order valence-corrected chi connectivity index (χ3v) is 2.05. The predicted molar refractivity (Wildman–Crippen MR) is 40.7 cm³/mol. The molecule has 0 saturated heterocycles. The fourth-order valence-corrected chi connectivity index (χ4v) is 1.23. The maximum Gasteiger partial charge on any atom is 0.0741 e. The lowest BCUT2D eigenvalue weighted by Gasteiger charge is -1.88. The Kier molecular flexibility index (Phi) is 1.85. The van der Waals surface area contributed by atoms with Crippen molar-refractivity contribution in [2.45, 2.75) is 6.92 Å². The summed E-state index contributed by atoms with van der Waals surface area (Å²) in [6.45, 7) is 1.89. The van der Waals surface area contributed by atoms with Gasteiger partial charge in [0.15, 0.2) is 0 Å². The molecule has 0 spiro atoms. The predicted octanol–water partition coefficient (Wildman–Crippen LogP) is 1.43. The maximum atomic E-state index is 5.06. The van der Waals surface area contributed by atoms with Gasteiger partial charge in [0, 0.05) is 4.88 Å². The Balaban J connectivity index is 2.90. The Morgan fingerprint density at radius 2 is 2.56 bits per heavy atom. The average molecular weight is 140 g/mol. The van der Waals surface area contributed by atoms with Crippen LogP contribution in [-0.4, -0.2) is 5.71 Å². The van der Waals surface area contributed by atoms with E-state index in [-0.39, 0.29) is 0 Å². The van der Waals surface area contributed by atoms with Crippen molar-refractivity contribution in [3.63, 3.8) is 0 Å². The average Bonchev–Trinajstić information content (AvgIpc) is 2.37. The smallest absolute Gasteiger partial charge is 0.0741 e. The van der Waals surface area contributed by atoms with Crippen LogP contribution >= 0.6 is 11.3 Å². The summed E-state index contributed by atoms with van der Waals surface area (Å²) in [7, 11) is 0. The second kappa shape index (κ2) is 2.64. The minimum atomic E-state index is 0.894. The van der Waals surface area contributed by atoms with E-state index in [1.165, 1.54) is 0 Å². The van der Waals surface area contributed by atoms with Crippen LogP contribution in [0, 0.1) is 0 Å². The van der Waals surface area contributed by atoms with Crippen molar-refractivity contribution in [3.8, 4) is 0 Å². The van der Waals surface area contributed by atoms with Gasteiger partial charge in [-0.3, -0.25) is 0 Å². The molecule has 0 unspecified atom stereocenters. The van der Waals surface area contributed by atoms with Gasteiger partial charge in [-0.25, -0.2) is 0 Å². The standard InChI is InChI=1S/C6H8N2S/c1-5(8-7)6-3-2-4-9-6/h2-4H,7H2,1H3/b8-5+. The molecule has 1 rings (SSSR count). The van der Waals surface area contributed by atoms with Crippen LogP contribution in [0.25, 0.3) is 0 Å². The Morgan fingerprint density at radius 1 is 1.78 bits per heavy atom.